The maximum Gasteiger partial charge on any atom is 0.334 e. The van der Waals surface area contributed by atoms with Gasteiger partial charge in [-0.15, -0.1) is 0 Å². The van der Waals surface area contributed by atoms with Gasteiger partial charge in [-0.2, -0.15) is 4.39 Å². The summed E-state index contributed by atoms with van der Waals surface area (Å²) in [5, 5.41) is -0.465. The molecule has 94 valence electrons. The van der Waals surface area contributed by atoms with Crippen LogP contribution in [0, 0.1) is 9.39 Å². The number of nitrogens with zero attached hydrogens (tertiary/aromatic N) is 1. The molecule has 0 bridgehead atoms. The van der Waals surface area contributed by atoms with Crippen LogP contribution in [0.2, 0.25) is 10.2 Å². The Morgan fingerprint density at radius 3 is 2.61 bits per heavy atom. The van der Waals surface area contributed by atoms with Gasteiger partial charge in [0.2, 0.25) is 5.82 Å². The van der Waals surface area contributed by atoms with Crippen LogP contribution in [0.1, 0.15) is 0 Å². The van der Waals surface area contributed by atoms with Gasteiger partial charge in [-0.1, -0.05) is 23.2 Å². The van der Waals surface area contributed by atoms with Crippen LogP contribution in [-0.2, 0) is 0 Å². The van der Waals surface area contributed by atoms with Gasteiger partial charge in [0.15, 0.2) is 5.15 Å². The van der Waals surface area contributed by atoms with Crippen LogP contribution in [-0.4, -0.2) is 9.55 Å². The van der Waals surface area contributed by atoms with E-state index in [9.17, 15) is 14.0 Å². The van der Waals surface area contributed by atoms with E-state index in [4.69, 9.17) is 23.2 Å². The lowest BCUT2D eigenvalue weighted by Crippen LogP contribution is -2.36. The monoisotopic (exact) mass is 400 g/mol. The SMILES string of the molecule is O=c1[nH]c(Cl)c(F)c(=O)n1-c1cc(I)ccc1Cl. The molecule has 0 amide bonds. The van der Waals surface area contributed by atoms with Crippen molar-refractivity contribution in [2.75, 3.05) is 0 Å². The Balaban J connectivity index is 2.88. The number of benzene rings is 1. The Morgan fingerprint density at radius 1 is 1.28 bits per heavy atom. The largest absolute Gasteiger partial charge is 0.334 e. The van der Waals surface area contributed by atoms with Crippen molar-refractivity contribution in [3.63, 3.8) is 0 Å². The highest BCUT2D eigenvalue weighted by Gasteiger charge is 2.15. The fourth-order valence-electron chi connectivity index (χ4n) is 1.36. The van der Waals surface area contributed by atoms with Crippen LogP contribution < -0.4 is 11.2 Å². The molecule has 0 aliphatic carbocycles. The molecule has 1 N–H and O–H groups in total. The van der Waals surface area contributed by atoms with Gasteiger partial charge in [-0.05, 0) is 40.8 Å². The van der Waals surface area contributed by atoms with Gasteiger partial charge >= 0.3 is 5.69 Å². The van der Waals surface area contributed by atoms with Crippen molar-refractivity contribution in [1.29, 1.82) is 0 Å². The highest BCUT2D eigenvalue weighted by molar-refractivity contribution is 14.1. The summed E-state index contributed by atoms with van der Waals surface area (Å²) in [4.78, 5) is 25.4. The third-order valence-corrected chi connectivity index (χ3v) is 3.40. The standard InChI is InChI=1S/C10H4Cl2FIN2O2/c11-5-2-1-4(14)3-6(5)16-9(17)7(13)8(12)15-10(16)18/h1-3H,(H,15,18). The average molecular weight is 401 g/mol. The van der Waals surface area contributed by atoms with E-state index in [1.165, 1.54) is 12.1 Å². The van der Waals surface area contributed by atoms with Crippen LogP contribution in [0.15, 0.2) is 27.8 Å². The molecule has 0 fully saturated rings. The molecule has 0 radical (unpaired) electrons. The first-order valence-corrected chi connectivity index (χ1v) is 6.41. The zero-order valence-corrected chi connectivity index (χ0v) is 12.2. The van der Waals surface area contributed by atoms with Gasteiger partial charge in [0.1, 0.15) is 0 Å². The molecule has 0 aliphatic rings. The third-order valence-electron chi connectivity index (χ3n) is 2.15. The number of H-pyrrole nitrogens is 1. The molecular formula is C10H4Cl2FIN2O2. The molecule has 8 heteroatoms. The smallest absolute Gasteiger partial charge is 0.295 e. The quantitative estimate of drug-likeness (QED) is 0.590. The molecule has 0 aliphatic heterocycles. The molecule has 0 atom stereocenters. The molecule has 2 aromatic rings. The average Bonchev–Trinajstić information content (AvgIpc) is 2.31. The van der Waals surface area contributed by atoms with E-state index in [0.717, 1.165) is 3.57 Å². The summed E-state index contributed by atoms with van der Waals surface area (Å²) >= 11 is 13.2. The molecule has 4 nitrogen and oxygen atoms in total. The van der Waals surface area contributed by atoms with Crippen LogP contribution in [0.25, 0.3) is 5.69 Å². The lowest BCUT2D eigenvalue weighted by molar-refractivity contribution is 0.584. The van der Waals surface area contributed by atoms with Gasteiger partial charge in [-0.3, -0.25) is 9.78 Å². The zero-order chi connectivity index (χ0) is 13.4. The van der Waals surface area contributed by atoms with Crippen molar-refractivity contribution in [3.8, 4) is 5.69 Å². The van der Waals surface area contributed by atoms with Crippen molar-refractivity contribution in [1.82, 2.24) is 9.55 Å². The van der Waals surface area contributed by atoms with Gasteiger partial charge in [0, 0.05) is 3.57 Å². The summed E-state index contributed by atoms with van der Waals surface area (Å²) < 4.78 is 14.8. The highest BCUT2D eigenvalue weighted by atomic mass is 127. The molecule has 0 unspecified atom stereocenters. The van der Waals surface area contributed by atoms with Gasteiger partial charge in [0.05, 0.1) is 10.7 Å². The van der Waals surface area contributed by atoms with Crippen LogP contribution >= 0.6 is 45.8 Å². The second kappa shape index (κ2) is 5.02. The minimum atomic E-state index is -1.23. The van der Waals surface area contributed by atoms with E-state index in [0.29, 0.717) is 4.57 Å². The van der Waals surface area contributed by atoms with E-state index in [2.05, 4.69) is 0 Å². The molecule has 1 aromatic carbocycles. The van der Waals surface area contributed by atoms with E-state index < -0.39 is 22.2 Å². The van der Waals surface area contributed by atoms with Gasteiger partial charge in [0.25, 0.3) is 5.56 Å². The Bertz CT molecular complexity index is 742. The fraction of sp³-hybridized carbons (Fsp3) is 0. The summed E-state index contributed by atoms with van der Waals surface area (Å²) in [6.07, 6.45) is 0. The van der Waals surface area contributed by atoms with Crippen molar-refractivity contribution in [3.05, 3.63) is 58.6 Å². The Labute approximate surface area is 123 Å². The van der Waals surface area contributed by atoms with Crippen LogP contribution in [0.4, 0.5) is 4.39 Å². The van der Waals surface area contributed by atoms with E-state index in [1.54, 1.807) is 6.07 Å². The van der Waals surface area contributed by atoms with Crippen LogP contribution in [0.3, 0.4) is 0 Å². The second-order valence-electron chi connectivity index (χ2n) is 3.29. The number of hydrogen-bond acceptors (Lipinski definition) is 2. The number of nitrogens with one attached hydrogen (secondary N) is 1. The topological polar surface area (TPSA) is 54.9 Å². The first kappa shape index (κ1) is 13.6. The van der Waals surface area contributed by atoms with Crippen molar-refractivity contribution >= 4 is 45.8 Å². The van der Waals surface area contributed by atoms with Gasteiger partial charge < -0.3 is 0 Å². The first-order valence-electron chi connectivity index (χ1n) is 4.57. The van der Waals surface area contributed by atoms with E-state index >= 15 is 0 Å². The van der Waals surface area contributed by atoms with E-state index in [-0.39, 0.29) is 10.7 Å². The molecule has 1 aromatic heterocycles. The number of aromatic amines is 1. The summed E-state index contributed by atoms with van der Waals surface area (Å²) in [5.41, 5.74) is -1.90. The predicted molar refractivity (Wildman–Crippen MR) is 75.4 cm³/mol. The first-order chi connectivity index (χ1) is 8.41. The maximum atomic E-state index is 13.4. The molecule has 18 heavy (non-hydrogen) atoms. The molecule has 0 saturated carbocycles. The molecular weight excluding hydrogens is 397 g/mol. The van der Waals surface area contributed by atoms with Gasteiger partial charge in [-0.25, -0.2) is 9.36 Å². The molecule has 0 saturated heterocycles. The van der Waals surface area contributed by atoms with Crippen molar-refractivity contribution in [2.24, 2.45) is 0 Å². The fourth-order valence-corrected chi connectivity index (χ4v) is 2.20. The summed E-state index contributed by atoms with van der Waals surface area (Å²) in [6, 6.07) is 4.70. The molecule has 2 rings (SSSR count). The zero-order valence-electron chi connectivity index (χ0n) is 8.51. The second-order valence-corrected chi connectivity index (χ2v) is 5.33. The van der Waals surface area contributed by atoms with E-state index in [1.807, 2.05) is 27.6 Å². The molecule has 0 spiro atoms. The van der Waals surface area contributed by atoms with Crippen molar-refractivity contribution in [2.45, 2.75) is 0 Å². The Kier molecular flexibility index (Phi) is 3.79. The number of hydrogen-bond donors (Lipinski definition) is 1. The number of aromatic nitrogens is 2. The van der Waals surface area contributed by atoms with Crippen molar-refractivity contribution < 1.29 is 4.39 Å². The predicted octanol–water partition coefficient (Wildman–Crippen LogP) is 2.58. The molecule has 1 heterocycles. The number of halogens is 4. The summed E-state index contributed by atoms with van der Waals surface area (Å²) in [5.74, 6) is -1.23. The Morgan fingerprint density at radius 2 is 1.94 bits per heavy atom. The summed E-state index contributed by atoms with van der Waals surface area (Å²) in [7, 11) is 0. The third kappa shape index (κ3) is 2.32. The normalized spacial score (nSPS) is 10.7. The minimum Gasteiger partial charge on any atom is -0.295 e. The van der Waals surface area contributed by atoms with Crippen LogP contribution in [0.5, 0.6) is 0 Å². The lowest BCUT2D eigenvalue weighted by Gasteiger charge is -2.07. The minimum absolute atomic E-state index is 0.102. The lowest BCUT2D eigenvalue weighted by atomic mass is 10.3. The highest BCUT2D eigenvalue weighted by Crippen LogP contribution is 2.20. The Hall–Kier alpha value is -0.860. The summed E-state index contributed by atoms with van der Waals surface area (Å²) in [6.45, 7) is 0. The maximum absolute atomic E-state index is 13.4. The number of rotatable bonds is 1.